The highest BCUT2D eigenvalue weighted by Crippen LogP contribution is 2.31. The zero-order chi connectivity index (χ0) is 13.1. The van der Waals surface area contributed by atoms with Gasteiger partial charge in [-0.25, -0.2) is 4.39 Å². The minimum atomic E-state index is -0.860. The Kier molecular flexibility index (Phi) is 3.97. The van der Waals surface area contributed by atoms with Crippen LogP contribution in [0.4, 0.5) is 4.39 Å². The Balaban J connectivity index is 2.25. The molecule has 0 radical (unpaired) electrons. The molecule has 0 spiro atoms. The topological polar surface area (TPSA) is 40.5 Å². The first kappa shape index (κ1) is 13.0. The molecule has 4 heteroatoms. The Morgan fingerprint density at radius 1 is 1.56 bits per heavy atom. The molecule has 0 aliphatic carbocycles. The number of hydrogen-bond acceptors (Lipinski definition) is 2. The van der Waals surface area contributed by atoms with Crippen LogP contribution < -0.4 is 0 Å². The molecular formula is C14H18FNO2. The van der Waals surface area contributed by atoms with Crippen molar-refractivity contribution in [2.45, 2.75) is 18.8 Å². The van der Waals surface area contributed by atoms with E-state index in [-0.39, 0.29) is 11.7 Å². The van der Waals surface area contributed by atoms with E-state index in [2.05, 4.69) is 4.90 Å². The third kappa shape index (κ3) is 2.88. The maximum Gasteiger partial charge on any atom is 0.311 e. The average molecular weight is 251 g/mol. The van der Waals surface area contributed by atoms with Crippen LogP contribution in [-0.4, -0.2) is 36.1 Å². The summed E-state index contributed by atoms with van der Waals surface area (Å²) in [5.74, 6) is -1.78. The van der Waals surface area contributed by atoms with Gasteiger partial charge in [0.15, 0.2) is 0 Å². The van der Waals surface area contributed by atoms with Gasteiger partial charge in [-0.15, -0.1) is 0 Å². The van der Waals surface area contributed by atoms with Gasteiger partial charge in [0.1, 0.15) is 5.82 Å². The van der Waals surface area contributed by atoms with E-state index in [9.17, 15) is 14.3 Å². The van der Waals surface area contributed by atoms with Crippen molar-refractivity contribution in [1.82, 2.24) is 4.90 Å². The second-order valence-corrected chi connectivity index (χ2v) is 5.04. The second-order valence-electron chi connectivity index (χ2n) is 5.04. The number of aliphatic carboxylic acids is 1. The van der Waals surface area contributed by atoms with Gasteiger partial charge in [0.2, 0.25) is 0 Å². The number of carboxylic acid groups (broad SMARTS) is 1. The van der Waals surface area contributed by atoms with Crippen molar-refractivity contribution < 1.29 is 14.3 Å². The molecule has 0 aromatic heterocycles. The van der Waals surface area contributed by atoms with Crippen LogP contribution in [0.5, 0.6) is 0 Å². The Bertz CT molecular complexity index is 436. The molecule has 1 N–H and O–H groups in total. The van der Waals surface area contributed by atoms with Crippen molar-refractivity contribution in [2.75, 3.05) is 20.1 Å². The Hall–Kier alpha value is -1.42. The highest BCUT2D eigenvalue weighted by Gasteiger charge is 2.32. The second kappa shape index (κ2) is 5.48. The van der Waals surface area contributed by atoms with Crippen LogP contribution in [0.15, 0.2) is 24.3 Å². The number of benzene rings is 1. The van der Waals surface area contributed by atoms with Crippen LogP contribution in [0.25, 0.3) is 0 Å². The lowest BCUT2D eigenvalue weighted by Gasteiger charge is -2.33. The number of hydrogen-bond donors (Lipinski definition) is 1. The summed E-state index contributed by atoms with van der Waals surface area (Å²) in [4.78, 5) is 13.6. The van der Waals surface area contributed by atoms with Crippen LogP contribution in [0, 0.1) is 11.7 Å². The Morgan fingerprint density at radius 3 is 2.94 bits per heavy atom. The van der Waals surface area contributed by atoms with E-state index in [1.54, 1.807) is 12.1 Å². The first-order chi connectivity index (χ1) is 8.58. The van der Waals surface area contributed by atoms with E-state index < -0.39 is 11.9 Å². The summed E-state index contributed by atoms with van der Waals surface area (Å²) >= 11 is 0. The molecule has 2 rings (SSSR count). The van der Waals surface area contributed by atoms with Crippen molar-refractivity contribution in [2.24, 2.45) is 5.92 Å². The lowest BCUT2D eigenvalue weighted by atomic mass is 9.81. The number of piperidine rings is 1. The number of halogens is 1. The fourth-order valence-electron chi connectivity index (χ4n) is 2.79. The summed E-state index contributed by atoms with van der Waals surface area (Å²) in [6, 6.07) is 5.96. The Morgan fingerprint density at radius 2 is 2.33 bits per heavy atom. The SMILES string of the molecule is CN1CCCC(C(C(=O)O)c2cccc(F)c2)C1. The molecule has 18 heavy (non-hydrogen) atoms. The smallest absolute Gasteiger partial charge is 0.311 e. The van der Waals surface area contributed by atoms with Crippen LogP contribution in [0.1, 0.15) is 24.3 Å². The van der Waals surface area contributed by atoms with E-state index in [1.165, 1.54) is 12.1 Å². The van der Waals surface area contributed by atoms with Gasteiger partial charge in [-0.1, -0.05) is 12.1 Å². The molecule has 1 aliphatic heterocycles. The molecule has 2 unspecified atom stereocenters. The largest absolute Gasteiger partial charge is 0.481 e. The first-order valence-electron chi connectivity index (χ1n) is 6.24. The van der Waals surface area contributed by atoms with Gasteiger partial charge in [-0.2, -0.15) is 0 Å². The average Bonchev–Trinajstić information content (AvgIpc) is 2.28. The van der Waals surface area contributed by atoms with Crippen LogP contribution in [0.2, 0.25) is 0 Å². The molecule has 3 nitrogen and oxygen atoms in total. The molecule has 0 amide bonds. The maximum absolute atomic E-state index is 13.2. The molecule has 1 aliphatic rings. The van der Waals surface area contributed by atoms with E-state index in [0.29, 0.717) is 5.56 Å². The molecule has 1 aromatic carbocycles. The minimum absolute atomic E-state index is 0.0584. The normalized spacial score (nSPS) is 22.7. The van der Waals surface area contributed by atoms with E-state index in [4.69, 9.17) is 0 Å². The molecular weight excluding hydrogens is 233 g/mol. The van der Waals surface area contributed by atoms with E-state index in [0.717, 1.165) is 25.9 Å². The van der Waals surface area contributed by atoms with Crippen molar-refractivity contribution >= 4 is 5.97 Å². The summed E-state index contributed by atoms with van der Waals surface area (Å²) < 4.78 is 13.2. The van der Waals surface area contributed by atoms with Gasteiger partial charge in [0.25, 0.3) is 0 Å². The van der Waals surface area contributed by atoms with E-state index in [1.807, 2.05) is 7.05 Å². The summed E-state index contributed by atoms with van der Waals surface area (Å²) in [6.45, 7) is 1.76. The lowest BCUT2D eigenvalue weighted by Crippen LogP contribution is -2.37. The highest BCUT2D eigenvalue weighted by molar-refractivity contribution is 5.76. The standard InChI is InChI=1S/C14H18FNO2/c1-16-7-3-5-11(9-16)13(14(17)18)10-4-2-6-12(15)8-10/h2,4,6,8,11,13H,3,5,7,9H2,1H3,(H,17,18). The third-order valence-corrected chi connectivity index (χ3v) is 3.61. The van der Waals surface area contributed by atoms with Crippen molar-refractivity contribution in [3.63, 3.8) is 0 Å². The van der Waals surface area contributed by atoms with Gasteiger partial charge in [-0.3, -0.25) is 4.79 Å². The molecule has 0 saturated carbocycles. The minimum Gasteiger partial charge on any atom is -0.481 e. The number of carbonyl (C=O) groups is 1. The number of carboxylic acids is 1. The third-order valence-electron chi connectivity index (χ3n) is 3.61. The first-order valence-corrected chi connectivity index (χ1v) is 6.24. The van der Waals surface area contributed by atoms with Gasteiger partial charge < -0.3 is 10.0 Å². The fourth-order valence-corrected chi connectivity index (χ4v) is 2.79. The molecule has 98 valence electrons. The predicted octanol–water partition coefficient (Wildman–Crippen LogP) is 2.34. The number of rotatable bonds is 3. The van der Waals surface area contributed by atoms with Gasteiger partial charge >= 0.3 is 5.97 Å². The maximum atomic E-state index is 13.2. The zero-order valence-electron chi connectivity index (χ0n) is 10.5. The fraction of sp³-hybridized carbons (Fsp3) is 0.500. The zero-order valence-corrected chi connectivity index (χ0v) is 10.5. The van der Waals surface area contributed by atoms with Crippen molar-refractivity contribution in [3.8, 4) is 0 Å². The van der Waals surface area contributed by atoms with Crippen molar-refractivity contribution in [1.29, 1.82) is 0 Å². The van der Waals surface area contributed by atoms with Gasteiger partial charge in [0.05, 0.1) is 5.92 Å². The van der Waals surface area contributed by atoms with Crippen molar-refractivity contribution in [3.05, 3.63) is 35.6 Å². The molecule has 1 fully saturated rings. The number of nitrogens with zero attached hydrogens (tertiary/aromatic N) is 1. The summed E-state index contributed by atoms with van der Waals surface area (Å²) in [5, 5.41) is 9.42. The van der Waals surface area contributed by atoms with Gasteiger partial charge in [-0.05, 0) is 50.0 Å². The van der Waals surface area contributed by atoms with E-state index >= 15 is 0 Å². The van der Waals surface area contributed by atoms with Crippen LogP contribution >= 0.6 is 0 Å². The molecule has 0 bridgehead atoms. The highest BCUT2D eigenvalue weighted by atomic mass is 19.1. The monoisotopic (exact) mass is 251 g/mol. The summed E-state index contributed by atoms with van der Waals surface area (Å²) in [5.41, 5.74) is 0.572. The van der Waals surface area contributed by atoms with Crippen LogP contribution in [0.3, 0.4) is 0 Å². The molecule has 1 saturated heterocycles. The predicted molar refractivity (Wildman–Crippen MR) is 67.0 cm³/mol. The number of likely N-dealkylation sites (tertiary alicyclic amines) is 1. The van der Waals surface area contributed by atoms with Gasteiger partial charge in [0, 0.05) is 6.54 Å². The summed E-state index contributed by atoms with van der Waals surface area (Å²) in [6.07, 6.45) is 1.89. The quantitative estimate of drug-likeness (QED) is 0.896. The lowest BCUT2D eigenvalue weighted by molar-refractivity contribution is -0.140. The molecule has 1 heterocycles. The van der Waals surface area contributed by atoms with Crippen LogP contribution in [-0.2, 0) is 4.79 Å². The Labute approximate surface area is 106 Å². The summed E-state index contributed by atoms with van der Waals surface area (Å²) in [7, 11) is 2.00. The molecule has 2 atom stereocenters. The molecule has 1 aromatic rings.